The molecule has 4 heteroatoms. The third-order valence-electron chi connectivity index (χ3n) is 1.20. The number of nitrogens with one attached hydrogen (secondary N) is 1. The lowest BCUT2D eigenvalue weighted by atomic mass is 10.3. The number of amides is 1. The van der Waals surface area contributed by atoms with Gasteiger partial charge in [0.15, 0.2) is 4.33 Å². The van der Waals surface area contributed by atoms with E-state index in [4.69, 9.17) is 23.2 Å². The van der Waals surface area contributed by atoms with Gasteiger partial charge >= 0.3 is 0 Å². The van der Waals surface area contributed by atoms with Gasteiger partial charge in [-0.25, -0.2) is 0 Å². The monoisotopic (exact) mass is 197 g/mol. The molecule has 0 aromatic carbocycles. The lowest BCUT2D eigenvalue weighted by Gasteiger charge is -2.18. The quantitative estimate of drug-likeness (QED) is 0.691. The van der Waals surface area contributed by atoms with E-state index in [0.717, 1.165) is 0 Å². The summed E-state index contributed by atoms with van der Waals surface area (Å²) < 4.78 is -1.27. The lowest BCUT2D eigenvalue weighted by molar-refractivity contribution is -0.122. The molecule has 0 rings (SSSR count). The van der Waals surface area contributed by atoms with Crippen molar-refractivity contribution in [1.29, 1.82) is 0 Å². The first-order chi connectivity index (χ1) is 4.90. The molecule has 0 saturated carbocycles. The highest BCUT2D eigenvalue weighted by molar-refractivity contribution is 6.58. The Hall–Kier alpha value is 0.0500. The Bertz CT molecular complexity index is 145. The fourth-order valence-electron chi connectivity index (χ4n) is 0.528. The maximum atomic E-state index is 11.1. The van der Waals surface area contributed by atoms with E-state index in [9.17, 15) is 4.79 Å². The minimum atomic E-state index is -1.27. The Morgan fingerprint density at radius 1 is 1.55 bits per heavy atom. The minimum absolute atomic E-state index is 0.0749. The van der Waals surface area contributed by atoms with Crippen molar-refractivity contribution in [2.24, 2.45) is 0 Å². The molecule has 0 unspecified atom stereocenters. The van der Waals surface area contributed by atoms with Gasteiger partial charge in [0.1, 0.15) is 0 Å². The van der Waals surface area contributed by atoms with Gasteiger partial charge in [0.25, 0.3) is 5.91 Å². The maximum absolute atomic E-state index is 11.1. The summed E-state index contributed by atoms with van der Waals surface area (Å²) in [6.07, 6.45) is 0.411. The molecule has 0 saturated heterocycles. The van der Waals surface area contributed by atoms with Crippen LogP contribution in [0.25, 0.3) is 0 Å². The van der Waals surface area contributed by atoms with Gasteiger partial charge in [0.05, 0.1) is 0 Å². The average Bonchev–Trinajstić information content (AvgIpc) is 1.86. The number of hydrogen-bond acceptors (Lipinski definition) is 1. The highest BCUT2D eigenvalue weighted by atomic mass is 35.5. The lowest BCUT2D eigenvalue weighted by Crippen LogP contribution is -2.41. The minimum Gasteiger partial charge on any atom is -0.351 e. The Balaban J connectivity index is 4.02. The summed E-state index contributed by atoms with van der Waals surface area (Å²) in [4.78, 5) is 11.1. The van der Waals surface area contributed by atoms with Crippen LogP contribution in [0.2, 0.25) is 0 Å². The molecule has 0 spiro atoms. The Morgan fingerprint density at radius 2 is 2.00 bits per heavy atom. The zero-order valence-electron chi connectivity index (χ0n) is 6.95. The average molecular weight is 198 g/mol. The van der Waals surface area contributed by atoms with Crippen LogP contribution in [0, 0.1) is 0 Å². The summed E-state index contributed by atoms with van der Waals surface area (Å²) in [6, 6.07) is 0.0749. The van der Waals surface area contributed by atoms with Gasteiger partial charge in [-0.2, -0.15) is 0 Å². The largest absolute Gasteiger partial charge is 0.351 e. The van der Waals surface area contributed by atoms with Gasteiger partial charge in [-0.1, -0.05) is 30.1 Å². The number of alkyl halides is 2. The number of hydrogen-bond donors (Lipinski definition) is 1. The SMILES string of the molecule is CCC(Cl)(Cl)C(=O)NC(C)C. The fourth-order valence-corrected chi connectivity index (χ4v) is 0.637. The van der Waals surface area contributed by atoms with Crippen LogP contribution in [0.15, 0.2) is 0 Å². The van der Waals surface area contributed by atoms with Crippen molar-refractivity contribution >= 4 is 29.1 Å². The van der Waals surface area contributed by atoms with Crippen LogP contribution in [0.1, 0.15) is 27.2 Å². The summed E-state index contributed by atoms with van der Waals surface area (Å²) in [5.41, 5.74) is 0. The van der Waals surface area contributed by atoms with Gasteiger partial charge in [-0.3, -0.25) is 4.79 Å². The van der Waals surface area contributed by atoms with Crippen molar-refractivity contribution in [2.75, 3.05) is 0 Å². The second kappa shape index (κ2) is 4.17. The standard InChI is InChI=1S/C7H13Cl2NO/c1-4-7(8,9)6(11)10-5(2)3/h5H,4H2,1-3H3,(H,10,11). The van der Waals surface area contributed by atoms with Crippen LogP contribution >= 0.6 is 23.2 Å². The van der Waals surface area contributed by atoms with Crippen molar-refractivity contribution in [1.82, 2.24) is 5.32 Å². The summed E-state index contributed by atoms with van der Waals surface area (Å²) in [6.45, 7) is 5.48. The van der Waals surface area contributed by atoms with E-state index in [0.29, 0.717) is 6.42 Å². The van der Waals surface area contributed by atoms with E-state index in [1.165, 1.54) is 0 Å². The van der Waals surface area contributed by atoms with Crippen LogP contribution < -0.4 is 5.32 Å². The highest BCUT2D eigenvalue weighted by Gasteiger charge is 2.31. The first-order valence-corrected chi connectivity index (χ1v) is 4.34. The summed E-state index contributed by atoms with van der Waals surface area (Å²) >= 11 is 11.3. The van der Waals surface area contributed by atoms with Crippen molar-refractivity contribution in [3.63, 3.8) is 0 Å². The molecule has 0 aromatic rings. The Morgan fingerprint density at radius 3 is 2.27 bits per heavy atom. The predicted molar refractivity (Wildman–Crippen MR) is 48.0 cm³/mol. The van der Waals surface area contributed by atoms with Crippen LogP contribution in [0.3, 0.4) is 0 Å². The molecule has 66 valence electrons. The molecule has 0 fully saturated rings. The predicted octanol–water partition coefficient (Wildman–Crippen LogP) is 2.09. The fraction of sp³-hybridized carbons (Fsp3) is 0.857. The number of rotatable bonds is 3. The van der Waals surface area contributed by atoms with E-state index in [-0.39, 0.29) is 11.9 Å². The number of halogens is 2. The molecule has 0 heterocycles. The van der Waals surface area contributed by atoms with E-state index in [1.807, 2.05) is 13.8 Å². The third-order valence-corrected chi connectivity index (χ3v) is 2.07. The highest BCUT2D eigenvalue weighted by Crippen LogP contribution is 2.24. The number of carbonyl (C=O) groups is 1. The first kappa shape index (κ1) is 11.1. The van der Waals surface area contributed by atoms with Crippen LogP contribution in [-0.2, 0) is 4.79 Å². The molecule has 0 aliphatic carbocycles. The van der Waals surface area contributed by atoms with E-state index < -0.39 is 4.33 Å². The molecule has 1 N–H and O–H groups in total. The molecule has 11 heavy (non-hydrogen) atoms. The number of carbonyl (C=O) groups excluding carboxylic acids is 1. The van der Waals surface area contributed by atoms with Crippen molar-refractivity contribution in [2.45, 2.75) is 37.6 Å². The molecule has 1 amide bonds. The molecule has 0 atom stereocenters. The van der Waals surface area contributed by atoms with Gasteiger partial charge in [-0.05, 0) is 20.3 Å². The second-order valence-electron chi connectivity index (χ2n) is 2.69. The van der Waals surface area contributed by atoms with Gasteiger partial charge < -0.3 is 5.32 Å². The van der Waals surface area contributed by atoms with Crippen LogP contribution in [-0.4, -0.2) is 16.3 Å². The van der Waals surface area contributed by atoms with Crippen molar-refractivity contribution in [3.8, 4) is 0 Å². The topological polar surface area (TPSA) is 29.1 Å². The third kappa shape index (κ3) is 3.82. The Labute approximate surface area is 77.2 Å². The molecule has 0 radical (unpaired) electrons. The van der Waals surface area contributed by atoms with Gasteiger partial charge in [0, 0.05) is 6.04 Å². The second-order valence-corrected chi connectivity index (χ2v) is 4.17. The maximum Gasteiger partial charge on any atom is 0.256 e. The Kier molecular flexibility index (Phi) is 4.19. The summed E-state index contributed by atoms with van der Waals surface area (Å²) in [5, 5.41) is 2.63. The van der Waals surface area contributed by atoms with E-state index in [1.54, 1.807) is 6.92 Å². The van der Waals surface area contributed by atoms with Crippen molar-refractivity contribution in [3.05, 3.63) is 0 Å². The zero-order chi connectivity index (χ0) is 9.07. The molecule has 2 nitrogen and oxygen atoms in total. The van der Waals surface area contributed by atoms with E-state index >= 15 is 0 Å². The molecule has 0 aliphatic rings. The summed E-state index contributed by atoms with van der Waals surface area (Å²) in [5.74, 6) is -0.321. The van der Waals surface area contributed by atoms with Crippen LogP contribution in [0.4, 0.5) is 0 Å². The molecular weight excluding hydrogens is 185 g/mol. The normalized spacial score (nSPS) is 11.8. The smallest absolute Gasteiger partial charge is 0.256 e. The summed E-state index contributed by atoms with van der Waals surface area (Å²) in [7, 11) is 0. The van der Waals surface area contributed by atoms with E-state index in [2.05, 4.69) is 5.32 Å². The van der Waals surface area contributed by atoms with Gasteiger partial charge in [0.2, 0.25) is 0 Å². The molecule has 0 bridgehead atoms. The molecule has 0 aliphatic heterocycles. The van der Waals surface area contributed by atoms with Crippen LogP contribution in [0.5, 0.6) is 0 Å². The molecule has 0 aromatic heterocycles. The first-order valence-electron chi connectivity index (χ1n) is 3.59. The van der Waals surface area contributed by atoms with Crippen molar-refractivity contribution < 1.29 is 4.79 Å². The molecular formula is C7H13Cl2NO. The van der Waals surface area contributed by atoms with Gasteiger partial charge in [-0.15, -0.1) is 0 Å². The zero-order valence-corrected chi connectivity index (χ0v) is 8.46.